The molecule has 0 saturated heterocycles. The summed E-state index contributed by atoms with van der Waals surface area (Å²) in [5.74, 6) is 0.0981. The Labute approximate surface area is 155 Å². The third-order valence-electron chi connectivity index (χ3n) is 3.30. The quantitative estimate of drug-likeness (QED) is 0.666. The van der Waals surface area contributed by atoms with Crippen LogP contribution >= 0.6 is 35.6 Å². The number of hydrogen-bond donors (Lipinski definition) is 0. The fourth-order valence-electron chi connectivity index (χ4n) is 2.59. The summed E-state index contributed by atoms with van der Waals surface area (Å²) in [5.41, 5.74) is 0.402. The second-order valence-electron chi connectivity index (χ2n) is 6.41. The third kappa shape index (κ3) is 7.23. The second-order valence-corrected chi connectivity index (χ2v) is 7.22. The van der Waals surface area contributed by atoms with E-state index in [2.05, 4.69) is 0 Å². The molecule has 0 atom stereocenters. The Morgan fingerprint density at radius 1 is 1.09 bits per heavy atom. The van der Waals surface area contributed by atoms with E-state index in [-0.39, 0.29) is 18.2 Å². The van der Waals surface area contributed by atoms with Gasteiger partial charge in [-0.3, -0.25) is 4.79 Å². The Bertz CT molecular complexity index is 547. The standard InChI is InChI=1S/C17H24Cl2N2O.ClH/c1-17(11-20(2)3,12-21(4)5)16(22)9-7-13-6-8-14(18)15(19)10-13;/h6-10H,11-12H2,1-5H3;1H/b9-7+;. The van der Waals surface area contributed by atoms with Crippen LogP contribution in [0.2, 0.25) is 10.0 Å². The number of hydrogen-bond acceptors (Lipinski definition) is 3. The molecule has 23 heavy (non-hydrogen) atoms. The number of rotatable bonds is 7. The monoisotopic (exact) mass is 378 g/mol. The summed E-state index contributed by atoms with van der Waals surface area (Å²) < 4.78 is 0. The van der Waals surface area contributed by atoms with Gasteiger partial charge in [0.1, 0.15) is 0 Å². The van der Waals surface area contributed by atoms with Crippen LogP contribution in [0.1, 0.15) is 12.5 Å². The first kappa shape index (κ1) is 22.4. The zero-order chi connectivity index (χ0) is 16.9. The van der Waals surface area contributed by atoms with Crippen molar-refractivity contribution in [2.24, 2.45) is 5.41 Å². The van der Waals surface area contributed by atoms with Gasteiger partial charge >= 0.3 is 0 Å². The molecule has 0 aromatic heterocycles. The lowest BCUT2D eigenvalue weighted by molar-refractivity contribution is -0.124. The first-order valence-corrected chi connectivity index (χ1v) is 7.87. The highest BCUT2D eigenvalue weighted by atomic mass is 35.5. The molecule has 3 nitrogen and oxygen atoms in total. The molecule has 0 bridgehead atoms. The van der Waals surface area contributed by atoms with Crippen molar-refractivity contribution < 1.29 is 4.79 Å². The van der Waals surface area contributed by atoms with Crippen LogP contribution in [0.25, 0.3) is 6.08 Å². The largest absolute Gasteiger partial charge is 0.308 e. The number of halogens is 3. The van der Waals surface area contributed by atoms with Crippen molar-refractivity contribution in [2.75, 3.05) is 41.3 Å². The van der Waals surface area contributed by atoms with Crippen LogP contribution in [0, 0.1) is 5.41 Å². The third-order valence-corrected chi connectivity index (χ3v) is 4.04. The van der Waals surface area contributed by atoms with Crippen molar-refractivity contribution in [3.05, 3.63) is 39.9 Å². The summed E-state index contributed by atoms with van der Waals surface area (Å²) in [6.45, 7) is 3.37. The molecule has 0 heterocycles. The van der Waals surface area contributed by atoms with Crippen LogP contribution in [0.3, 0.4) is 0 Å². The molecule has 0 aliphatic heterocycles. The van der Waals surface area contributed by atoms with Gasteiger partial charge in [0.2, 0.25) is 0 Å². The van der Waals surface area contributed by atoms with Gasteiger partial charge < -0.3 is 9.80 Å². The number of nitrogens with zero attached hydrogens (tertiary/aromatic N) is 2. The maximum absolute atomic E-state index is 12.7. The van der Waals surface area contributed by atoms with Gasteiger partial charge in [0.25, 0.3) is 0 Å². The van der Waals surface area contributed by atoms with Crippen LogP contribution < -0.4 is 0 Å². The minimum absolute atomic E-state index is 0. The van der Waals surface area contributed by atoms with Gasteiger partial charge in [-0.25, -0.2) is 0 Å². The van der Waals surface area contributed by atoms with Crippen molar-refractivity contribution in [1.82, 2.24) is 9.80 Å². The van der Waals surface area contributed by atoms with Crippen LogP contribution in [-0.2, 0) is 4.79 Å². The molecule has 1 aromatic carbocycles. The predicted molar refractivity (Wildman–Crippen MR) is 103 cm³/mol. The Balaban J connectivity index is 0.00000484. The average molecular weight is 380 g/mol. The Morgan fingerprint density at radius 3 is 2.04 bits per heavy atom. The Morgan fingerprint density at radius 2 is 1.61 bits per heavy atom. The number of allylic oxidation sites excluding steroid dienone is 1. The average Bonchev–Trinajstić information content (AvgIpc) is 2.37. The second kappa shape index (κ2) is 9.65. The predicted octanol–water partition coefficient (Wildman–Crippen LogP) is 4.13. The van der Waals surface area contributed by atoms with E-state index < -0.39 is 5.41 Å². The fraction of sp³-hybridized carbons (Fsp3) is 0.471. The molecule has 0 spiro atoms. The number of carbonyl (C=O) groups is 1. The van der Waals surface area contributed by atoms with E-state index in [1.807, 2.05) is 51.0 Å². The molecular weight excluding hydrogens is 355 g/mol. The van der Waals surface area contributed by atoms with Crippen molar-refractivity contribution >= 4 is 47.5 Å². The van der Waals surface area contributed by atoms with E-state index in [1.165, 1.54) is 0 Å². The molecule has 130 valence electrons. The zero-order valence-corrected chi connectivity index (χ0v) is 16.6. The maximum atomic E-state index is 12.7. The minimum atomic E-state index is -0.459. The Kier molecular flexibility index (Phi) is 9.41. The molecule has 1 aromatic rings. The zero-order valence-electron chi connectivity index (χ0n) is 14.3. The van der Waals surface area contributed by atoms with Crippen LogP contribution in [-0.4, -0.2) is 56.9 Å². The smallest absolute Gasteiger partial charge is 0.164 e. The molecule has 0 aliphatic carbocycles. The topological polar surface area (TPSA) is 23.6 Å². The number of benzene rings is 1. The van der Waals surface area contributed by atoms with Crippen molar-refractivity contribution in [3.8, 4) is 0 Å². The molecule has 1 rings (SSSR count). The van der Waals surface area contributed by atoms with Gasteiger partial charge in [-0.15, -0.1) is 12.4 Å². The van der Waals surface area contributed by atoms with Crippen molar-refractivity contribution in [1.29, 1.82) is 0 Å². The van der Waals surface area contributed by atoms with E-state index >= 15 is 0 Å². The lowest BCUT2D eigenvalue weighted by atomic mass is 9.84. The van der Waals surface area contributed by atoms with Gasteiger partial charge in [-0.1, -0.05) is 35.3 Å². The van der Waals surface area contributed by atoms with Gasteiger partial charge in [0.15, 0.2) is 5.78 Å². The first-order valence-electron chi connectivity index (χ1n) is 7.11. The number of carbonyl (C=O) groups excluding carboxylic acids is 1. The molecule has 0 amide bonds. The molecule has 0 saturated carbocycles. The van der Waals surface area contributed by atoms with Crippen LogP contribution in [0.15, 0.2) is 24.3 Å². The normalized spacial score (nSPS) is 12.0. The summed E-state index contributed by atoms with van der Waals surface area (Å²) in [5, 5.41) is 0.996. The van der Waals surface area contributed by atoms with Gasteiger partial charge in [-0.05, 0) is 58.9 Å². The van der Waals surface area contributed by atoms with E-state index in [0.717, 1.165) is 5.56 Å². The van der Waals surface area contributed by atoms with E-state index in [9.17, 15) is 4.79 Å². The van der Waals surface area contributed by atoms with Gasteiger partial charge in [0.05, 0.1) is 15.5 Å². The maximum Gasteiger partial charge on any atom is 0.164 e. The molecule has 0 unspecified atom stereocenters. The highest BCUT2D eigenvalue weighted by Gasteiger charge is 2.32. The summed E-state index contributed by atoms with van der Waals surface area (Å²) in [6.07, 6.45) is 3.42. The SMILES string of the molecule is CN(C)CC(C)(CN(C)C)C(=O)/C=C/c1ccc(Cl)c(Cl)c1.Cl. The van der Waals surface area contributed by atoms with Crippen molar-refractivity contribution in [3.63, 3.8) is 0 Å². The first-order chi connectivity index (χ1) is 10.1. The Hall–Kier alpha value is -0.580. The lowest BCUT2D eigenvalue weighted by Gasteiger charge is -2.32. The van der Waals surface area contributed by atoms with Crippen molar-refractivity contribution in [2.45, 2.75) is 6.92 Å². The minimum Gasteiger partial charge on any atom is -0.308 e. The molecular formula is C17H25Cl3N2O. The highest BCUT2D eigenvalue weighted by molar-refractivity contribution is 6.42. The fourth-order valence-corrected chi connectivity index (χ4v) is 2.90. The summed E-state index contributed by atoms with van der Waals surface area (Å²) in [6, 6.07) is 5.32. The van der Waals surface area contributed by atoms with E-state index in [1.54, 1.807) is 24.3 Å². The van der Waals surface area contributed by atoms with Crippen LogP contribution in [0.5, 0.6) is 0 Å². The summed E-state index contributed by atoms with van der Waals surface area (Å²) >= 11 is 11.9. The molecule has 0 fully saturated rings. The molecule has 6 heteroatoms. The lowest BCUT2D eigenvalue weighted by Crippen LogP contribution is -2.44. The van der Waals surface area contributed by atoms with E-state index in [0.29, 0.717) is 23.1 Å². The van der Waals surface area contributed by atoms with E-state index in [4.69, 9.17) is 23.2 Å². The van der Waals surface area contributed by atoms with Gasteiger partial charge in [-0.2, -0.15) is 0 Å². The van der Waals surface area contributed by atoms with Crippen LogP contribution in [0.4, 0.5) is 0 Å². The molecule has 0 N–H and O–H groups in total. The summed E-state index contributed by atoms with van der Waals surface area (Å²) in [7, 11) is 7.90. The molecule has 0 aliphatic rings. The summed E-state index contributed by atoms with van der Waals surface area (Å²) in [4.78, 5) is 16.7. The molecule has 0 radical (unpaired) electrons. The number of ketones is 1. The highest BCUT2D eigenvalue weighted by Crippen LogP contribution is 2.24. The van der Waals surface area contributed by atoms with Gasteiger partial charge in [0, 0.05) is 13.1 Å².